The van der Waals surface area contributed by atoms with Gasteiger partial charge in [-0.15, -0.1) is 0 Å². The Morgan fingerprint density at radius 1 is 1.42 bits per heavy atom. The van der Waals surface area contributed by atoms with E-state index in [1.54, 1.807) is 26.0 Å². The highest BCUT2D eigenvalue weighted by atomic mass is 32.2. The normalized spacial score (nSPS) is 13.1. The highest BCUT2D eigenvalue weighted by Crippen LogP contribution is 2.20. The number of amides is 1. The molecule has 0 heterocycles. The summed E-state index contributed by atoms with van der Waals surface area (Å²) in [6.45, 7) is 4.93. The fraction of sp³-hybridized carbons (Fsp3) is 0.417. The first kappa shape index (κ1) is 15.6. The van der Waals surface area contributed by atoms with Crippen LogP contribution in [0.3, 0.4) is 0 Å². The van der Waals surface area contributed by atoms with Crippen LogP contribution in [0.4, 0.5) is 5.69 Å². The van der Waals surface area contributed by atoms with Gasteiger partial charge in [-0.1, -0.05) is 6.07 Å². The van der Waals surface area contributed by atoms with Crippen molar-refractivity contribution in [2.75, 3.05) is 11.9 Å². The Labute approximate surface area is 113 Å². The van der Waals surface area contributed by atoms with Crippen molar-refractivity contribution in [1.82, 2.24) is 4.72 Å². The lowest BCUT2D eigenvalue weighted by atomic mass is 10.2. The summed E-state index contributed by atoms with van der Waals surface area (Å²) >= 11 is 0. The van der Waals surface area contributed by atoms with Crippen molar-refractivity contribution in [1.29, 1.82) is 0 Å². The van der Waals surface area contributed by atoms with Gasteiger partial charge >= 0.3 is 0 Å². The summed E-state index contributed by atoms with van der Waals surface area (Å²) in [6, 6.07) is 4.46. The molecule has 0 spiro atoms. The Kier molecular flexibility index (Phi) is 5.04. The van der Waals surface area contributed by atoms with E-state index >= 15 is 0 Å². The third-order valence-electron chi connectivity index (χ3n) is 2.39. The summed E-state index contributed by atoms with van der Waals surface area (Å²) in [5.74, 6) is -0.254. The molecule has 0 aliphatic carbocycles. The molecular weight excluding hydrogens is 266 g/mol. The van der Waals surface area contributed by atoms with Gasteiger partial charge in [0.05, 0.1) is 4.90 Å². The first-order valence-electron chi connectivity index (χ1n) is 5.86. The number of carbonyl (C=O) groups is 1. The average molecular weight is 285 g/mol. The first-order chi connectivity index (χ1) is 8.72. The maximum atomic E-state index is 12.1. The molecule has 106 valence electrons. The van der Waals surface area contributed by atoms with Gasteiger partial charge in [0.2, 0.25) is 15.9 Å². The molecule has 0 aliphatic heterocycles. The number of carbonyl (C=O) groups excluding carboxylic acids is 1. The molecule has 0 saturated heterocycles. The largest absolute Gasteiger partial charge is 0.327 e. The van der Waals surface area contributed by atoms with E-state index in [9.17, 15) is 13.2 Å². The van der Waals surface area contributed by atoms with Crippen molar-refractivity contribution < 1.29 is 13.2 Å². The molecule has 1 aromatic rings. The van der Waals surface area contributed by atoms with Crippen molar-refractivity contribution in [3.63, 3.8) is 0 Å². The average Bonchev–Trinajstić information content (AvgIpc) is 2.28. The zero-order valence-electron chi connectivity index (χ0n) is 11.2. The van der Waals surface area contributed by atoms with Crippen LogP contribution in [0.2, 0.25) is 0 Å². The van der Waals surface area contributed by atoms with Crippen LogP contribution in [0.25, 0.3) is 0 Å². The minimum absolute atomic E-state index is 0.138. The molecule has 0 radical (unpaired) electrons. The highest BCUT2D eigenvalue weighted by Gasteiger charge is 2.17. The SMILES string of the molecule is CC(=O)Nc1ccc(C)c(S(=O)(=O)NCC(C)N)c1. The van der Waals surface area contributed by atoms with Gasteiger partial charge in [-0.25, -0.2) is 13.1 Å². The predicted molar refractivity (Wildman–Crippen MR) is 74.3 cm³/mol. The number of benzene rings is 1. The molecule has 4 N–H and O–H groups in total. The quantitative estimate of drug-likeness (QED) is 0.736. The predicted octanol–water partition coefficient (Wildman–Crippen LogP) is 0.579. The lowest BCUT2D eigenvalue weighted by molar-refractivity contribution is -0.114. The van der Waals surface area contributed by atoms with E-state index in [0.717, 1.165) is 0 Å². The van der Waals surface area contributed by atoms with Crippen LogP contribution in [0, 0.1) is 6.92 Å². The number of hydrogen-bond acceptors (Lipinski definition) is 4. The number of anilines is 1. The van der Waals surface area contributed by atoms with Crippen LogP contribution < -0.4 is 15.8 Å². The van der Waals surface area contributed by atoms with Gasteiger partial charge in [-0.05, 0) is 31.5 Å². The molecule has 7 heteroatoms. The highest BCUT2D eigenvalue weighted by molar-refractivity contribution is 7.89. The standard InChI is InChI=1S/C12H19N3O3S/c1-8-4-5-11(15-10(3)16)6-12(8)19(17,18)14-7-9(2)13/h4-6,9,14H,7,13H2,1-3H3,(H,15,16). The third-order valence-corrected chi connectivity index (χ3v) is 3.96. The summed E-state index contributed by atoms with van der Waals surface area (Å²) in [7, 11) is -3.63. The Morgan fingerprint density at radius 3 is 2.58 bits per heavy atom. The van der Waals surface area contributed by atoms with E-state index in [1.165, 1.54) is 13.0 Å². The Bertz CT molecular complexity index is 568. The molecule has 1 atom stereocenters. The van der Waals surface area contributed by atoms with Gasteiger partial charge in [0.1, 0.15) is 0 Å². The second kappa shape index (κ2) is 6.14. The summed E-state index contributed by atoms with van der Waals surface area (Å²) in [5.41, 5.74) is 6.57. The van der Waals surface area contributed by atoms with Crippen LogP contribution in [0.1, 0.15) is 19.4 Å². The number of hydrogen-bond donors (Lipinski definition) is 3. The van der Waals surface area contributed by atoms with Crippen LogP contribution in [0.5, 0.6) is 0 Å². The molecule has 0 fully saturated rings. The van der Waals surface area contributed by atoms with Crippen molar-refractivity contribution >= 4 is 21.6 Å². The monoisotopic (exact) mass is 285 g/mol. The molecular formula is C12H19N3O3S. The molecule has 19 heavy (non-hydrogen) atoms. The fourth-order valence-corrected chi connectivity index (χ4v) is 2.90. The maximum Gasteiger partial charge on any atom is 0.240 e. The number of sulfonamides is 1. The second-order valence-corrected chi connectivity index (χ2v) is 6.23. The number of aryl methyl sites for hydroxylation is 1. The topological polar surface area (TPSA) is 101 Å². The molecule has 0 saturated carbocycles. The van der Waals surface area contributed by atoms with Crippen LogP contribution >= 0.6 is 0 Å². The zero-order chi connectivity index (χ0) is 14.6. The number of nitrogens with two attached hydrogens (primary N) is 1. The van der Waals surface area contributed by atoms with Gasteiger partial charge in [0.25, 0.3) is 0 Å². The van der Waals surface area contributed by atoms with Gasteiger partial charge in [0, 0.05) is 25.2 Å². The first-order valence-corrected chi connectivity index (χ1v) is 7.34. The molecule has 1 amide bonds. The lowest BCUT2D eigenvalue weighted by Gasteiger charge is -2.12. The third kappa shape index (κ3) is 4.62. The van der Waals surface area contributed by atoms with Gasteiger partial charge in [0.15, 0.2) is 0 Å². The van der Waals surface area contributed by atoms with E-state index in [1.807, 2.05) is 0 Å². The smallest absolute Gasteiger partial charge is 0.240 e. The van der Waals surface area contributed by atoms with E-state index in [2.05, 4.69) is 10.0 Å². The van der Waals surface area contributed by atoms with Crippen molar-refractivity contribution in [2.45, 2.75) is 31.7 Å². The molecule has 6 nitrogen and oxygen atoms in total. The molecule has 0 aliphatic rings. The Morgan fingerprint density at radius 2 is 2.05 bits per heavy atom. The minimum atomic E-state index is -3.63. The molecule has 1 aromatic carbocycles. The summed E-state index contributed by atoms with van der Waals surface area (Å²) in [5, 5.41) is 2.55. The van der Waals surface area contributed by atoms with E-state index in [0.29, 0.717) is 11.3 Å². The summed E-state index contributed by atoms with van der Waals surface area (Å²) in [4.78, 5) is 11.1. The minimum Gasteiger partial charge on any atom is -0.327 e. The molecule has 0 bridgehead atoms. The van der Waals surface area contributed by atoms with Crippen molar-refractivity contribution in [3.05, 3.63) is 23.8 Å². The Balaban J connectivity index is 3.07. The van der Waals surface area contributed by atoms with Crippen molar-refractivity contribution in [3.8, 4) is 0 Å². The zero-order valence-corrected chi connectivity index (χ0v) is 12.0. The van der Waals surface area contributed by atoms with Crippen LogP contribution in [0.15, 0.2) is 23.1 Å². The van der Waals surface area contributed by atoms with E-state index in [-0.39, 0.29) is 23.4 Å². The summed E-state index contributed by atoms with van der Waals surface area (Å²) in [6.07, 6.45) is 0. The van der Waals surface area contributed by atoms with Gasteiger partial charge in [-0.2, -0.15) is 0 Å². The molecule has 1 rings (SSSR count). The van der Waals surface area contributed by atoms with Crippen LogP contribution in [-0.2, 0) is 14.8 Å². The van der Waals surface area contributed by atoms with Gasteiger partial charge < -0.3 is 11.1 Å². The van der Waals surface area contributed by atoms with Crippen molar-refractivity contribution in [2.24, 2.45) is 5.73 Å². The van der Waals surface area contributed by atoms with Gasteiger partial charge in [-0.3, -0.25) is 4.79 Å². The second-order valence-electron chi connectivity index (χ2n) is 4.49. The molecule has 1 unspecified atom stereocenters. The van der Waals surface area contributed by atoms with Crippen LogP contribution in [-0.4, -0.2) is 26.9 Å². The van der Waals surface area contributed by atoms with E-state index < -0.39 is 10.0 Å². The fourth-order valence-electron chi connectivity index (χ4n) is 1.49. The number of rotatable bonds is 5. The lowest BCUT2D eigenvalue weighted by Crippen LogP contribution is -2.35. The van der Waals surface area contributed by atoms with E-state index in [4.69, 9.17) is 5.73 Å². The number of nitrogens with one attached hydrogen (secondary N) is 2. The summed E-state index contributed by atoms with van der Waals surface area (Å²) < 4.78 is 26.7. The Hall–Kier alpha value is -1.44. The maximum absolute atomic E-state index is 12.1. The molecule has 0 aromatic heterocycles.